The summed E-state index contributed by atoms with van der Waals surface area (Å²) in [5.74, 6) is 1.34. The third-order valence-electron chi connectivity index (χ3n) is 3.38. The van der Waals surface area contributed by atoms with Crippen molar-refractivity contribution in [1.29, 1.82) is 0 Å². The Hall–Kier alpha value is -2.15. The molecule has 1 heterocycles. The Morgan fingerprint density at radius 3 is 2.73 bits per heavy atom. The van der Waals surface area contributed by atoms with Gasteiger partial charge >= 0.3 is 0 Å². The third-order valence-corrected chi connectivity index (χ3v) is 4.38. The molecule has 0 fully saturated rings. The highest BCUT2D eigenvalue weighted by Gasteiger charge is 2.10. The first-order chi connectivity index (χ1) is 12.4. The molecule has 2 aromatic carbocycles. The van der Waals surface area contributed by atoms with Crippen LogP contribution in [0.4, 0.5) is 0 Å². The van der Waals surface area contributed by atoms with Gasteiger partial charge in [-0.3, -0.25) is 0 Å². The van der Waals surface area contributed by atoms with Crippen LogP contribution in [0.25, 0.3) is 11.4 Å². The van der Waals surface area contributed by atoms with Gasteiger partial charge < -0.3 is 4.74 Å². The highest BCUT2D eigenvalue weighted by molar-refractivity contribution is 7.71. The molecule has 0 radical (unpaired) electrons. The smallest absolute Gasteiger partial charge is 0.216 e. The van der Waals surface area contributed by atoms with E-state index in [0.29, 0.717) is 20.6 Å². The largest absolute Gasteiger partial charge is 0.491 e. The molecule has 0 aliphatic heterocycles. The van der Waals surface area contributed by atoms with Crippen LogP contribution in [0.2, 0.25) is 10.0 Å². The van der Waals surface area contributed by atoms with E-state index in [1.54, 1.807) is 23.0 Å². The van der Waals surface area contributed by atoms with Crippen LogP contribution in [0.5, 0.6) is 5.75 Å². The van der Waals surface area contributed by atoms with Crippen molar-refractivity contribution in [2.45, 2.75) is 20.0 Å². The predicted molar refractivity (Wildman–Crippen MR) is 108 cm³/mol. The lowest BCUT2D eigenvalue weighted by Crippen LogP contribution is -2.05. The molecule has 134 valence electrons. The van der Waals surface area contributed by atoms with Crippen LogP contribution >= 0.6 is 35.4 Å². The van der Waals surface area contributed by atoms with Gasteiger partial charge in [0.15, 0.2) is 5.82 Å². The van der Waals surface area contributed by atoms with Crippen molar-refractivity contribution >= 4 is 41.6 Å². The summed E-state index contributed by atoms with van der Waals surface area (Å²) >= 11 is 17.3. The molecule has 0 amide bonds. The molecule has 3 rings (SSSR count). The molecule has 0 unspecified atom stereocenters. The molecule has 8 heteroatoms. The fourth-order valence-electron chi connectivity index (χ4n) is 2.28. The van der Waals surface area contributed by atoms with Crippen molar-refractivity contribution in [3.8, 4) is 17.1 Å². The molecular formula is C18H16Cl2N4OS. The number of hydrogen-bond acceptors (Lipinski definition) is 4. The van der Waals surface area contributed by atoms with Crippen LogP contribution in [-0.4, -0.2) is 27.2 Å². The number of halogens is 2. The Bertz CT molecular complexity index is 1010. The average molecular weight is 407 g/mol. The van der Waals surface area contributed by atoms with Crippen LogP contribution in [0.3, 0.4) is 0 Å². The van der Waals surface area contributed by atoms with Gasteiger partial charge in [0.1, 0.15) is 5.75 Å². The highest BCUT2D eigenvalue weighted by Crippen LogP contribution is 2.24. The van der Waals surface area contributed by atoms with Crippen molar-refractivity contribution in [1.82, 2.24) is 14.9 Å². The fourth-order valence-corrected chi connectivity index (χ4v) is 2.77. The van der Waals surface area contributed by atoms with E-state index in [-0.39, 0.29) is 6.10 Å². The first-order valence-corrected chi connectivity index (χ1v) is 9.04. The van der Waals surface area contributed by atoms with E-state index in [4.69, 9.17) is 40.2 Å². The van der Waals surface area contributed by atoms with Gasteiger partial charge in [-0.2, -0.15) is 14.9 Å². The van der Waals surface area contributed by atoms with Crippen LogP contribution in [0.1, 0.15) is 19.4 Å². The van der Waals surface area contributed by atoms with Gasteiger partial charge in [0, 0.05) is 5.56 Å². The molecule has 1 N–H and O–H groups in total. The number of rotatable bonds is 5. The summed E-state index contributed by atoms with van der Waals surface area (Å²) < 4.78 is 7.67. The minimum absolute atomic E-state index is 0.0822. The molecule has 26 heavy (non-hydrogen) atoms. The quantitative estimate of drug-likeness (QED) is 0.444. The minimum atomic E-state index is 0.0822. The number of hydrogen-bond donors (Lipinski definition) is 1. The van der Waals surface area contributed by atoms with Crippen LogP contribution in [-0.2, 0) is 0 Å². The van der Waals surface area contributed by atoms with E-state index in [1.165, 1.54) is 0 Å². The Kier molecular flexibility index (Phi) is 5.76. The van der Waals surface area contributed by atoms with Crippen LogP contribution in [0, 0.1) is 4.77 Å². The van der Waals surface area contributed by atoms with E-state index >= 15 is 0 Å². The third kappa shape index (κ3) is 4.33. The number of benzene rings is 2. The Balaban J connectivity index is 1.95. The average Bonchev–Trinajstić information content (AvgIpc) is 2.96. The Labute approximate surface area is 166 Å². The molecule has 5 nitrogen and oxygen atoms in total. The van der Waals surface area contributed by atoms with Gasteiger partial charge in [-0.25, -0.2) is 5.10 Å². The Morgan fingerprint density at radius 1 is 1.19 bits per heavy atom. The Morgan fingerprint density at radius 2 is 2.00 bits per heavy atom. The standard InChI is InChI=1S/C18H16Cl2N4OS/c1-11(2)25-14-5-3-4-13(9-14)17-22-23-18(26)24(17)21-10-12-6-7-15(19)16(20)8-12/h3-11H,1-2H3,(H,23,26)/b21-10+. The maximum Gasteiger partial charge on any atom is 0.216 e. The summed E-state index contributed by atoms with van der Waals surface area (Å²) in [7, 11) is 0. The molecule has 0 aliphatic rings. The van der Waals surface area contributed by atoms with E-state index < -0.39 is 0 Å². The number of nitrogens with one attached hydrogen (secondary N) is 1. The first kappa shape index (κ1) is 18.6. The lowest BCUT2D eigenvalue weighted by atomic mass is 10.2. The maximum atomic E-state index is 6.04. The second-order valence-corrected chi connectivity index (χ2v) is 6.98. The number of ether oxygens (including phenoxy) is 1. The van der Waals surface area contributed by atoms with Gasteiger partial charge in [0.05, 0.1) is 22.4 Å². The van der Waals surface area contributed by atoms with Gasteiger partial charge in [0.2, 0.25) is 4.77 Å². The van der Waals surface area contributed by atoms with Gasteiger partial charge in [0.25, 0.3) is 0 Å². The van der Waals surface area contributed by atoms with Gasteiger partial charge in [-0.15, -0.1) is 0 Å². The van der Waals surface area contributed by atoms with E-state index in [0.717, 1.165) is 16.9 Å². The lowest BCUT2D eigenvalue weighted by molar-refractivity contribution is 0.242. The molecular weight excluding hydrogens is 391 g/mol. The van der Waals surface area contributed by atoms with E-state index in [1.807, 2.05) is 44.2 Å². The summed E-state index contributed by atoms with van der Waals surface area (Å²) in [6, 6.07) is 12.9. The zero-order valence-corrected chi connectivity index (χ0v) is 16.4. The summed E-state index contributed by atoms with van der Waals surface area (Å²) in [6.07, 6.45) is 1.73. The summed E-state index contributed by atoms with van der Waals surface area (Å²) in [4.78, 5) is 0. The molecule has 0 atom stereocenters. The van der Waals surface area contributed by atoms with E-state index in [2.05, 4.69) is 15.3 Å². The second kappa shape index (κ2) is 8.03. The molecule has 0 saturated carbocycles. The topological polar surface area (TPSA) is 55.2 Å². The second-order valence-electron chi connectivity index (χ2n) is 5.78. The normalized spacial score (nSPS) is 11.4. The molecule has 0 spiro atoms. The van der Waals surface area contributed by atoms with Crippen molar-refractivity contribution in [2.24, 2.45) is 5.10 Å². The molecule has 0 aliphatic carbocycles. The monoisotopic (exact) mass is 406 g/mol. The number of aromatic amines is 1. The predicted octanol–water partition coefficient (Wildman–Crippen LogP) is 5.58. The summed E-state index contributed by atoms with van der Waals surface area (Å²) in [6.45, 7) is 3.95. The zero-order valence-electron chi connectivity index (χ0n) is 14.1. The number of H-pyrrole nitrogens is 1. The molecule has 0 saturated heterocycles. The summed E-state index contributed by atoms with van der Waals surface area (Å²) in [5, 5.41) is 12.4. The van der Waals surface area contributed by atoms with Crippen molar-refractivity contribution in [2.75, 3.05) is 0 Å². The number of nitrogens with zero attached hydrogens (tertiary/aromatic N) is 3. The highest BCUT2D eigenvalue weighted by atomic mass is 35.5. The van der Waals surface area contributed by atoms with Crippen molar-refractivity contribution in [3.63, 3.8) is 0 Å². The molecule has 1 aromatic heterocycles. The minimum Gasteiger partial charge on any atom is -0.491 e. The van der Waals surface area contributed by atoms with Crippen LogP contribution < -0.4 is 4.74 Å². The molecule has 0 bridgehead atoms. The zero-order chi connectivity index (χ0) is 18.7. The van der Waals surface area contributed by atoms with Crippen molar-refractivity contribution in [3.05, 3.63) is 62.8 Å². The first-order valence-electron chi connectivity index (χ1n) is 7.88. The van der Waals surface area contributed by atoms with E-state index in [9.17, 15) is 0 Å². The SMILES string of the molecule is CC(C)Oc1cccc(-c2n[nH]c(=S)n2/N=C/c2ccc(Cl)c(Cl)c2)c1. The fraction of sp³-hybridized carbons (Fsp3) is 0.167. The van der Waals surface area contributed by atoms with Crippen molar-refractivity contribution < 1.29 is 4.74 Å². The maximum absolute atomic E-state index is 6.04. The van der Waals surface area contributed by atoms with Gasteiger partial charge in [-0.1, -0.05) is 41.4 Å². The lowest BCUT2D eigenvalue weighted by Gasteiger charge is -2.10. The van der Waals surface area contributed by atoms with Gasteiger partial charge in [-0.05, 0) is 55.9 Å². The van der Waals surface area contributed by atoms with Crippen LogP contribution in [0.15, 0.2) is 47.6 Å². The molecule has 3 aromatic rings. The number of aromatic nitrogens is 3. The summed E-state index contributed by atoms with van der Waals surface area (Å²) in [5.41, 5.74) is 1.63.